The minimum Gasteiger partial charge on any atom is -0.320 e. The quantitative estimate of drug-likeness (QED) is 0.629. The number of fused-ring (bicyclic) bond motifs is 2. The van der Waals surface area contributed by atoms with E-state index in [1.54, 1.807) is 29.7 Å². The van der Waals surface area contributed by atoms with Gasteiger partial charge in [-0.15, -0.1) is 11.3 Å². The number of aromatic nitrogens is 2. The van der Waals surface area contributed by atoms with Gasteiger partial charge in [0.1, 0.15) is 10.7 Å². The van der Waals surface area contributed by atoms with Gasteiger partial charge >= 0.3 is 0 Å². The average molecular weight is 422 g/mol. The highest BCUT2D eigenvalue weighted by Gasteiger charge is 2.22. The van der Waals surface area contributed by atoms with Crippen molar-refractivity contribution in [3.05, 3.63) is 54.9 Å². The first-order valence-electron chi connectivity index (χ1n) is 8.75. The number of anilines is 1. The Morgan fingerprint density at radius 3 is 2.89 bits per heavy atom. The first kappa shape index (κ1) is 18.5. The number of thiophene rings is 1. The zero-order valence-corrected chi connectivity index (χ0v) is 17.0. The van der Waals surface area contributed by atoms with Gasteiger partial charge in [0.25, 0.3) is 11.5 Å². The Kier molecular flexibility index (Phi) is 4.97. The summed E-state index contributed by atoms with van der Waals surface area (Å²) < 4.78 is 1.77. The maximum Gasteiger partial charge on any atom is 0.266 e. The third kappa shape index (κ3) is 3.37. The molecule has 0 atom stereocenters. The van der Waals surface area contributed by atoms with Gasteiger partial charge < -0.3 is 5.32 Å². The van der Waals surface area contributed by atoms with Crippen LogP contribution in [0.4, 0.5) is 5.69 Å². The lowest BCUT2D eigenvalue weighted by Gasteiger charge is -2.08. The Morgan fingerprint density at radius 2 is 2.07 bits per heavy atom. The molecule has 0 aliphatic carbocycles. The van der Waals surface area contributed by atoms with Crippen molar-refractivity contribution in [1.82, 2.24) is 9.55 Å². The summed E-state index contributed by atoms with van der Waals surface area (Å²) in [4.78, 5) is 31.6. The van der Waals surface area contributed by atoms with Crippen LogP contribution in [0.15, 0.2) is 23.0 Å². The van der Waals surface area contributed by atoms with E-state index in [1.807, 2.05) is 0 Å². The zero-order valence-electron chi connectivity index (χ0n) is 14.6. The molecule has 0 unspecified atom stereocenters. The lowest BCUT2D eigenvalue weighted by atomic mass is 10.2. The normalized spacial score (nSPS) is 14.0. The van der Waals surface area contributed by atoms with Crippen LogP contribution in [0, 0.1) is 6.92 Å². The molecule has 2 aromatic heterocycles. The van der Waals surface area contributed by atoms with Crippen LogP contribution in [-0.2, 0) is 13.0 Å². The molecule has 140 valence electrons. The number of benzene rings is 1. The number of hydrogen-bond donors (Lipinski definition) is 1. The van der Waals surface area contributed by atoms with E-state index in [4.69, 9.17) is 28.2 Å². The molecule has 1 amide bonds. The van der Waals surface area contributed by atoms with E-state index in [2.05, 4.69) is 5.32 Å². The topological polar surface area (TPSA) is 64.0 Å². The Hall–Kier alpha value is -1.89. The highest BCUT2D eigenvalue weighted by Crippen LogP contribution is 2.31. The van der Waals surface area contributed by atoms with Crippen molar-refractivity contribution in [3.63, 3.8) is 0 Å². The van der Waals surface area contributed by atoms with E-state index in [-0.39, 0.29) is 11.5 Å². The standard InChI is InChI=1S/C19H17Cl2N3O2S/c1-10-15-18(23-14-5-3-2-4-8-24(14)19(15)26)27-16(10)17(25)22-13-9-11(20)6-7-12(13)21/h6-7,9H,2-5,8H2,1H3,(H,22,25). The number of halogens is 2. The van der Waals surface area contributed by atoms with Gasteiger partial charge in [-0.3, -0.25) is 14.2 Å². The molecule has 1 aromatic carbocycles. The molecule has 1 aliphatic heterocycles. The van der Waals surface area contributed by atoms with Crippen LogP contribution in [0.5, 0.6) is 0 Å². The molecule has 0 fully saturated rings. The summed E-state index contributed by atoms with van der Waals surface area (Å²) in [5.74, 6) is 0.496. The Morgan fingerprint density at radius 1 is 1.26 bits per heavy atom. The predicted molar refractivity (Wildman–Crippen MR) is 111 cm³/mol. The molecule has 3 aromatic rings. The molecule has 1 aliphatic rings. The van der Waals surface area contributed by atoms with E-state index in [0.717, 1.165) is 31.5 Å². The van der Waals surface area contributed by atoms with Gasteiger partial charge in [0.15, 0.2) is 0 Å². The van der Waals surface area contributed by atoms with Gasteiger partial charge in [0, 0.05) is 18.0 Å². The van der Waals surface area contributed by atoms with Crippen molar-refractivity contribution in [3.8, 4) is 0 Å². The number of nitrogens with zero attached hydrogens (tertiary/aromatic N) is 2. The van der Waals surface area contributed by atoms with Crippen molar-refractivity contribution in [2.24, 2.45) is 0 Å². The molecule has 0 spiro atoms. The molecule has 4 rings (SSSR count). The fourth-order valence-corrected chi connectivity index (χ4v) is 4.82. The summed E-state index contributed by atoms with van der Waals surface area (Å²) in [6.45, 7) is 2.48. The van der Waals surface area contributed by atoms with E-state index in [1.165, 1.54) is 11.3 Å². The van der Waals surface area contributed by atoms with Crippen molar-refractivity contribution >= 4 is 56.3 Å². The van der Waals surface area contributed by atoms with E-state index in [9.17, 15) is 9.59 Å². The summed E-state index contributed by atoms with van der Waals surface area (Å²) in [5.41, 5.74) is 1.04. The van der Waals surface area contributed by atoms with E-state index < -0.39 is 0 Å². The molecule has 0 saturated heterocycles. The van der Waals surface area contributed by atoms with Crippen LogP contribution in [0.3, 0.4) is 0 Å². The highest BCUT2D eigenvalue weighted by atomic mass is 35.5. The number of aryl methyl sites for hydroxylation is 2. The largest absolute Gasteiger partial charge is 0.320 e. The first-order chi connectivity index (χ1) is 13.0. The Bertz CT molecular complexity index is 1120. The minimum absolute atomic E-state index is 0.0505. The van der Waals surface area contributed by atoms with Crippen LogP contribution in [0.25, 0.3) is 10.2 Å². The summed E-state index contributed by atoms with van der Waals surface area (Å²) in [5, 5.41) is 4.20. The summed E-state index contributed by atoms with van der Waals surface area (Å²) in [7, 11) is 0. The molecule has 8 heteroatoms. The lowest BCUT2D eigenvalue weighted by molar-refractivity contribution is 0.103. The second kappa shape index (κ2) is 7.26. The average Bonchev–Trinajstić information content (AvgIpc) is 2.80. The van der Waals surface area contributed by atoms with Crippen molar-refractivity contribution in [2.45, 2.75) is 39.2 Å². The van der Waals surface area contributed by atoms with Crippen LogP contribution in [0.1, 0.15) is 40.3 Å². The summed E-state index contributed by atoms with van der Waals surface area (Å²) >= 11 is 13.4. The highest BCUT2D eigenvalue weighted by molar-refractivity contribution is 7.20. The molecular weight excluding hydrogens is 405 g/mol. The second-order valence-electron chi connectivity index (χ2n) is 6.61. The van der Waals surface area contributed by atoms with Crippen LogP contribution in [-0.4, -0.2) is 15.5 Å². The fourth-order valence-electron chi connectivity index (χ4n) is 3.40. The first-order valence-corrected chi connectivity index (χ1v) is 10.3. The number of carbonyl (C=O) groups excluding carboxylic acids is 1. The molecule has 27 heavy (non-hydrogen) atoms. The smallest absolute Gasteiger partial charge is 0.266 e. The third-order valence-electron chi connectivity index (χ3n) is 4.79. The van der Waals surface area contributed by atoms with Gasteiger partial charge in [-0.25, -0.2) is 4.98 Å². The van der Waals surface area contributed by atoms with Gasteiger partial charge in [-0.1, -0.05) is 29.6 Å². The van der Waals surface area contributed by atoms with Gasteiger partial charge in [0.2, 0.25) is 0 Å². The molecule has 0 radical (unpaired) electrons. The van der Waals surface area contributed by atoms with Gasteiger partial charge in [-0.05, 0) is 43.5 Å². The van der Waals surface area contributed by atoms with E-state index >= 15 is 0 Å². The Labute approximate surface area is 169 Å². The third-order valence-corrected chi connectivity index (χ3v) is 6.54. The van der Waals surface area contributed by atoms with Crippen molar-refractivity contribution in [1.29, 1.82) is 0 Å². The number of carbonyl (C=O) groups is 1. The fraction of sp³-hybridized carbons (Fsp3) is 0.316. The molecule has 1 N–H and O–H groups in total. The predicted octanol–water partition coefficient (Wildman–Crippen LogP) is 5.05. The number of rotatable bonds is 2. The lowest BCUT2D eigenvalue weighted by Crippen LogP contribution is -2.24. The zero-order chi connectivity index (χ0) is 19.1. The van der Waals surface area contributed by atoms with Crippen LogP contribution < -0.4 is 10.9 Å². The second-order valence-corrected chi connectivity index (χ2v) is 8.45. The maximum absolute atomic E-state index is 13.0. The summed E-state index contributed by atoms with van der Waals surface area (Å²) in [6, 6.07) is 4.88. The van der Waals surface area contributed by atoms with E-state index in [0.29, 0.717) is 42.9 Å². The number of amides is 1. The molecule has 0 saturated carbocycles. The monoisotopic (exact) mass is 421 g/mol. The molecule has 3 heterocycles. The van der Waals surface area contributed by atoms with Crippen molar-refractivity contribution in [2.75, 3.05) is 5.32 Å². The van der Waals surface area contributed by atoms with Crippen LogP contribution in [0.2, 0.25) is 10.0 Å². The maximum atomic E-state index is 13.0. The number of hydrogen-bond acceptors (Lipinski definition) is 4. The minimum atomic E-state index is -0.320. The molecule has 5 nitrogen and oxygen atoms in total. The van der Waals surface area contributed by atoms with Crippen LogP contribution >= 0.6 is 34.5 Å². The molecular formula is C19H17Cl2N3O2S. The summed E-state index contributed by atoms with van der Waals surface area (Å²) in [6.07, 6.45) is 3.90. The SMILES string of the molecule is Cc1c(C(=O)Nc2cc(Cl)ccc2Cl)sc2nc3n(c(=O)c12)CCCCC3. The molecule has 0 bridgehead atoms. The number of nitrogens with one attached hydrogen (secondary N) is 1. The van der Waals surface area contributed by atoms with Gasteiger partial charge in [0.05, 0.1) is 21.0 Å². The van der Waals surface area contributed by atoms with Gasteiger partial charge in [-0.2, -0.15) is 0 Å². The Balaban J connectivity index is 1.77. The van der Waals surface area contributed by atoms with Crippen molar-refractivity contribution < 1.29 is 4.79 Å².